The molecule has 0 spiro atoms. The summed E-state index contributed by atoms with van der Waals surface area (Å²) < 4.78 is 0.898. The van der Waals surface area contributed by atoms with E-state index >= 15 is 0 Å². The minimum absolute atomic E-state index is 0.153. The lowest BCUT2D eigenvalue weighted by Crippen LogP contribution is -2.50. The van der Waals surface area contributed by atoms with Gasteiger partial charge in [0.15, 0.2) is 0 Å². The van der Waals surface area contributed by atoms with E-state index in [9.17, 15) is 14.7 Å². The highest BCUT2D eigenvalue weighted by Gasteiger charge is 2.37. The number of carbonyl (C=O) groups is 2. The molecule has 0 fully saturated rings. The summed E-state index contributed by atoms with van der Waals surface area (Å²) in [6.45, 7) is 2.15. The van der Waals surface area contributed by atoms with E-state index in [0.29, 0.717) is 13.0 Å². The molecule has 0 radical (unpaired) electrons. The minimum Gasteiger partial charge on any atom is -0.480 e. The van der Waals surface area contributed by atoms with Crippen molar-refractivity contribution >= 4 is 27.8 Å². The first kappa shape index (κ1) is 16.7. The highest BCUT2D eigenvalue weighted by Crippen LogP contribution is 2.31. The van der Waals surface area contributed by atoms with Crippen molar-refractivity contribution < 1.29 is 14.7 Å². The van der Waals surface area contributed by atoms with Gasteiger partial charge in [-0.25, -0.2) is 4.79 Å². The lowest BCUT2D eigenvalue weighted by molar-refractivity contribution is -0.152. The van der Waals surface area contributed by atoms with Gasteiger partial charge in [-0.15, -0.1) is 0 Å². The molecule has 1 aliphatic heterocycles. The van der Waals surface area contributed by atoms with Crippen molar-refractivity contribution in [1.82, 2.24) is 4.90 Å². The maximum Gasteiger partial charge on any atom is 0.326 e. The molecule has 3 rings (SSSR count). The maximum absolute atomic E-state index is 13.0. The number of carboxylic acids is 1. The molecular formula is C19H18BrNO3. The van der Waals surface area contributed by atoms with Gasteiger partial charge in [-0.3, -0.25) is 4.79 Å². The van der Waals surface area contributed by atoms with Crippen molar-refractivity contribution in [3.63, 3.8) is 0 Å². The first-order chi connectivity index (χ1) is 11.5. The fourth-order valence-corrected chi connectivity index (χ4v) is 3.73. The number of hydrogen-bond donors (Lipinski definition) is 1. The van der Waals surface area contributed by atoms with Gasteiger partial charge < -0.3 is 10.0 Å². The highest BCUT2D eigenvalue weighted by atomic mass is 79.9. The van der Waals surface area contributed by atoms with Gasteiger partial charge in [-0.2, -0.15) is 0 Å². The number of nitrogens with zero attached hydrogens (tertiary/aromatic N) is 1. The molecule has 1 N–H and O–H groups in total. The lowest BCUT2D eigenvalue weighted by Gasteiger charge is -2.36. The Kier molecular flexibility index (Phi) is 4.71. The standard InChI is InChI=1S/C19H18BrNO3/c1-12(13-6-3-2-4-7-13)18(22)21-11-14-8-5-9-16(20)15(14)10-17(21)19(23)24/h2-9,12,17H,10-11H2,1H3,(H,23,24)/t12-,17?/m1/s1. The van der Waals surface area contributed by atoms with Crippen LogP contribution >= 0.6 is 15.9 Å². The summed E-state index contributed by atoms with van der Waals surface area (Å²) in [5, 5.41) is 9.62. The Morgan fingerprint density at radius 2 is 1.88 bits per heavy atom. The number of amides is 1. The molecule has 1 aliphatic rings. The molecule has 1 unspecified atom stereocenters. The van der Waals surface area contributed by atoms with Crippen LogP contribution in [0.5, 0.6) is 0 Å². The van der Waals surface area contributed by atoms with Crippen LogP contribution in [0.15, 0.2) is 53.0 Å². The summed E-state index contributed by atoms with van der Waals surface area (Å²) >= 11 is 3.48. The molecule has 0 aromatic heterocycles. The van der Waals surface area contributed by atoms with E-state index in [-0.39, 0.29) is 11.8 Å². The van der Waals surface area contributed by atoms with Crippen LogP contribution in [0.25, 0.3) is 0 Å². The van der Waals surface area contributed by atoms with Crippen LogP contribution in [-0.2, 0) is 22.6 Å². The van der Waals surface area contributed by atoms with Gasteiger partial charge in [0.1, 0.15) is 6.04 Å². The van der Waals surface area contributed by atoms with Gasteiger partial charge in [-0.1, -0.05) is 58.4 Å². The van der Waals surface area contributed by atoms with E-state index in [0.717, 1.165) is 21.2 Å². The molecule has 0 saturated heterocycles. The van der Waals surface area contributed by atoms with Gasteiger partial charge in [-0.05, 0) is 29.7 Å². The molecule has 0 aliphatic carbocycles. The average molecular weight is 388 g/mol. The third kappa shape index (κ3) is 3.08. The first-order valence-corrected chi connectivity index (χ1v) is 8.63. The second-order valence-corrected chi connectivity index (χ2v) is 6.89. The maximum atomic E-state index is 13.0. The number of carboxylic acid groups (broad SMARTS) is 1. The fraction of sp³-hybridized carbons (Fsp3) is 0.263. The summed E-state index contributed by atoms with van der Waals surface area (Å²) in [6, 6.07) is 14.4. The zero-order chi connectivity index (χ0) is 17.3. The second kappa shape index (κ2) is 6.77. The van der Waals surface area contributed by atoms with E-state index in [4.69, 9.17) is 0 Å². The molecule has 2 aromatic rings. The number of rotatable bonds is 3. The van der Waals surface area contributed by atoms with Crippen LogP contribution in [0.1, 0.15) is 29.5 Å². The van der Waals surface area contributed by atoms with Crippen molar-refractivity contribution in [2.45, 2.75) is 31.8 Å². The molecule has 2 atom stereocenters. The zero-order valence-electron chi connectivity index (χ0n) is 13.3. The summed E-state index contributed by atoms with van der Waals surface area (Å²) in [4.78, 5) is 26.2. The average Bonchev–Trinajstić information content (AvgIpc) is 2.60. The van der Waals surface area contributed by atoms with Crippen LogP contribution in [0.4, 0.5) is 0 Å². The number of halogens is 1. The fourth-order valence-electron chi connectivity index (χ4n) is 3.16. The predicted octanol–water partition coefficient (Wildman–Crippen LogP) is 3.59. The van der Waals surface area contributed by atoms with E-state index < -0.39 is 12.0 Å². The van der Waals surface area contributed by atoms with Gasteiger partial charge in [0, 0.05) is 17.4 Å². The molecular weight excluding hydrogens is 370 g/mol. The largest absolute Gasteiger partial charge is 0.480 e. The third-order valence-corrected chi connectivity index (χ3v) is 5.31. The molecule has 1 amide bonds. The molecule has 0 saturated carbocycles. The molecule has 1 heterocycles. The van der Waals surface area contributed by atoms with Crippen LogP contribution in [0, 0.1) is 0 Å². The minimum atomic E-state index is -0.968. The predicted molar refractivity (Wildman–Crippen MR) is 94.7 cm³/mol. The Balaban J connectivity index is 1.93. The molecule has 4 nitrogen and oxygen atoms in total. The van der Waals surface area contributed by atoms with E-state index in [1.165, 1.54) is 4.90 Å². The van der Waals surface area contributed by atoms with E-state index in [1.807, 2.05) is 55.5 Å². The van der Waals surface area contributed by atoms with Gasteiger partial charge in [0.25, 0.3) is 0 Å². The second-order valence-electron chi connectivity index (χ2n) is 6.03. The number of aliphatic carboxylic acids is 1. The van der Waals surface area contributed by atoms with Crippen molar-refractivity contribution in [3.05, 3.63) is 69.7 Å². The Labute approximate surface area is 149 Å². The Bertz CT molecular complexity index is 775. The van der Waals surface area contributed by atoms with Crippen molar-refractivity contribution in [3.8, 4) is 0 Å². The lowest BCUT2D eigenvalue weighted by atomic mass is 9.91. The monoisotopic (exact) mass is 387 g/mol. The Morgan fingerprint density at radius 3 is 2.54 bits per heavy atom. The van der Waals surface area contributed by atoms with Crippen molar-refractivity contribution in [2.24, 2.45) is 0 Å². The normalized spacial score (nSPS) is 17.9. The van der Waals surface area contributed by atoms with Gasteiger partial charge >= 0.3 is 5.97 Å². The van der Waals surface area contributed by atoms with Crippen molar-refractivity contribution in [2.75, 3.05) is 0 Å². The zero-order valence-corrected chi connectivity index (χ0v) is 14.9. The topological polar surface area (TPSA) is 57.6 Å². The molecule has 124 valence electrons. The molecule has 2 aromatic carbocycles. The van der Waals surface area contributed by atoms with Crippen LogP contribution in [0.2, 0.25) is 0 Å². The summed E-state index contributed by atoms with van der Waals surface area (Å²) in [5.41, 5.74) is 2.86. The van der Waals surface area contributed by atoms with E-state index in [1.54, 1.807) is 0 Å². The molecule has 5 heteroatoms. The Hall–Kier alpha value is -2.14. The van der Waals surface area contributed by atoms with Gasteiger partial charge in [0.05, 0.1) is 5.92 Å². The van der Waals surface area contributed by atoms with Crippen LogP contribution in [0.3, 0.4) is 0 Å². The van der Waals surface area contributed by atoms with E-state index in [2.05, 4.69) is 15.9 Å². The number of benzene rings is 2. The van der Waals surface area contributed by atoms with Crippen LogP contribution < -0.4 is 0 Å². The first-order valence-electron chi connectivity index (χ1n) is 7.83. The SMILES string of the molecule is C[C@@H](C(=O)N1Cc2cccc(Br)c2CC1C(=O)O)c1ccccc1. The highest BCUT2D eigenvalue weighted by molar-refractivity contribution is 9.10. The smallest absolute Gasteiger partial charge is 0.326 e. The molecule has 0 bridgehead atoms. The van der Waals surface area contributed by atoms with Gasteiger partial charge in [0.2, 0.25) is 5.91 Å². The quantitative estimate of drug-likeness (QED) is 0.875. The summed E-state index contributed by atoms with van der Waals surface area (Å²) in [7, 11) is 0. The molecule has 24 heavy (non-hydrogen) atoms. The number of hydrogen-bond acceptors (Lipinski definition) is 2. The van der Waals surface area contributed by atoms with Crippen LogP contribution in [-0.4, -0.2) is 27.9 Å². The number of fused-ring (bicyclic) bond motifs is 1. The summed E-state index contributed by atoms with van der Waals surface area (Å²) in [6.07, 6.45) is 0.319. The number of carbonyl (C=O) groups excluding carboxylic acids is 1. The third-order valence-electron chi connectivity index (χ3n) is 4.57. The summed E-state index contributed by atoms with van der Waals surface area (Å²) in [5.74, 6) is -1.49. The van der Waals surface area contributed by atoms with Crippen molar-refractivity contribution in [1.29, 1.82) is 0 Å². The Morgan fingerprint density at radius 1 is 1.17 bits per heavy atom.